The van der Waals surface area contributed by atoms with Gasteiger partial charge in [-0.15, -0.1) is 0 Å². The van der Waals surface area contributed by atoms with Crippen LogP contribution >= 0.6 is 15.9 Å². The van der Waals surface area contributed by atoms with Crippen LogP contribution in [0.3, 0.4) is 0 Å². The van der Waals surface area contributed by atoms with Crippen LogP contribution in [-0.4, -0.2) is 31.1 Å². The van der Waals surface area contributed by atoms with E-state index in [1.165, 1.54) is 20.8 Å². The highest BCUT2D eigenvalue weighted by atomic mass is 79.9. The first-order chi connectivity index (χ1) is 12.3. The van der Waals surface area contributed by atoms with E-state index >= 15 is 0 Å². The molecule has 0 saturated carbocycles. The first-order valence-corrected chi connectivity index (χ1v) is 9.28. The highest BCUT2D eigenvalue weighted by Crippen LogP contribution is 2.31. The van der Waals surface area contributed by atoms with Gasteiger partial charge in [0.05, 0.1) is 13.2 Å². The van der Waals surface area contributed by atoms with Crippen LogP contribution in [0.1, 0.15) is 51.7 Å². The van der Waals surface area contributed by atoms with Crippen LogP contribution in [-0.2, 0) is 28.6 Å². The van der Waals surface area contributed by atoms with E-state index in [1.807, 2.05) is 24.3 Å². The molecule has 0 aliphatic carbocycles. The molecule has 0 heterocycles. The number of benzene rings is 1. The average molecular weight is 429 g/mol. The number of hydrogen-bond acceptors (Lipinski definition) is 6. The van der Waals surface area contributed by atoms with Crippen molar-refractivity contribution >= 4 is 33.8 Å². The molecule has 0 aliphatic rings. The summed E-state index contributed by atoms with van der Waals surface area (Å²) in [5.74, 6) is -1.28. The van der Waals surface area contributed by atoms with Gasteiger partial charge in [0.15, 0.2) is 0 Å². The van der Waals surface area contributed by atoms with Crippen LogP contribution in [0, 0.1) is 5.92 Å². The molecular weight excluding hydrogens is 404 g/mol. The number of carbonyl (C=O) groups is 3. The molecule has 144 valence electrons. The first kappa shape index (κ1) is 22.2. The maximum Gasteiger partial charge on any atom is 0.303 e. The number of unbranched alkanes of at least 4 members (excludes halogenated alkanes) is 1. The minimum atomic E-state index is -0.520. The fourth-order valence-corrected chi connectivity index (χ4v) is 2.80. The molecule has 2 unspecified atom stereocenters. The number of halogens is 1. The van der Waals surface area contributed by atoms with Crippen LogP contribution in [0.5, 0.6) is 0 Å². The highest BCUT2D eigenvalue weighted by molar-refractivity contribution is 9.10. The van der Waals surface area contributed by atoms with Gasteiger partial charge in [-0.25, -0.2) is 0 Å². The second kappa shape index (κ2) is 11.7. The van der Waals surface area contributed by atoms with Crippen molar-refractivity contribution in [2.24, 2.45) is 5.92 Å². The first-order valence-electron chi connectivity index (χ1n) is 8.49. The molecule has 1 aromatic carbocycles. The van der Waals surface area contributed by atoms with Gasteiger partial charge in [-0.05, 0) is 37.0 Å². The summed E-state index contributed by atoms with van der Waals surface area (Å²) in [6.07, 6.45) is 1.56. The third-order valence-corrected chi connectivity index (χ3v) is 4.22. The normalized spacial score (nSPS) is 12.8. The van der Waals surface area contributed by atoms with Crippen molar-refractivity contribution in [2.75, 3.05) is 13.2 Å². The topological polar surface area (TPSA) is 78.9 Å². The second-order valence-corrected chi connectivity index (χ2v) is 6.90. The zero-order valence-electron chi connectivity index (χ0n) is 15.3. The highest BCUT2D eigenvalue weighted by Gasteiger charge is 2.27. The Morgan fingerprint density at radius 2 is 1.54 bits per heavy atom. The number of hydrogen-bond donors (Lipinski definition) is 0. The van der Waals surface area contributed by atoms with Crippen LogP contribution in [0.4, 0.5) is 0 Å². The summed E-state index contributed by atoms with van der Waals surface area (Å²) >= 11 is 3.38. The summed E-state index contributed by atoms with van der Waals surface area (Å²) in [5, 5.41) is 0. The Hall–Kier alpha value is -1.89. The second-order valence-electron chi connectivity index (χ2n) is 5.98. The number of carbonyl (C=O) groups excluding carboxylic acids is 3. The molecule has 1 rings (SSSR count). The van der Waals surface area contributed by atoms with Crippen molar-refractivity contribution in [3.63, 3.8) is 0 Å². The minimum absolute atomic E-state index is 0.150. The Kier molecular flexibility index (Phi) is 9.95. The van der Waals surface area contributed by atoms with Gasteiger partial charge in [0.1, 0.15) is 6.10 Å². The van der Waals surface area contributed by atoms with E-state index < -0.39 is 12.1 Å². The Morgan fingerprint density at radius 3 is 2.08 bits per heavy atom. The van der Waals surface area contributed by atoms with Gasteiger partial charge < -0.3 is 14.2 Å². The van der Waals surface area contributed by atoms with E-state index in [9.17, 15) is 14.4 Å². The lowest BCUT2D eigenvalue weighted by Crippen LogP contribution is -2.24. The van der Waals surface area contributed by atoms with Crippen LogP contribution < -0.4 is 0 Å². The van der Waals surface area contributed by atoms with Gasteiger partial charge in [-0.1, -0.05) is 28.1 Å². The van der Waals surface area contributed by atoms with Gasteiger partial charge in [-0.2, -0.15) is 0 Å². The lowest BCUT2D eigenvalue weighted by Gasteiger charge is -2.27. The molecule has 26 heavy (non-hydrogen) atoms. The van der Waals surface area contributed by atoms with E-state index in [0.29, 0.717) is 19.4 Å². The van der Waals surface area contributed by atoms with Gasteiger partial charge in [-0.3, -0.25) is 14.4 Å². The summed E-state index contributed by atoms with van der Waals surface area (Å²) in [7, 11) is 0. The van der Waals surface area contributed by atoms with Crippen molar-refractivity contribution in [1.29, 1.82) is 0 Å². The van der Waals surface area contributed by atoms with E-state index in [4.69, 9.17) is 14.2 Å². The molecule has 0 N–H and O–H groups in total. The molecule has 0 bridgehead atoms. The summed E-state index contributed by atoms with van der Waals surface area (Å²) in [6.45, 7) is 4.56. The molecule has 0 fully saturated rings. The fraction of sp³-hybridized carbons (Fsp3) is 0.526. The monoisotopic (exact) mass is 428 g/mol. The zero-order valence-corrected chi connectivity index (χ0v) is 16.9. The Balaban J connectivity index is 2.84. The maximum atomic E-state index is 11.6. The van der Waals surface area contributed by atoms with E-state index in [-0.39, 0.29) is 24.5 Å². The van der Waals surface area contributed by atoms with Gasteiger partial charge >= 0.3 is 17.9 Å². The minimum Gasteiger partial charge on any atom is -0.466 e. The van der Waals surface area contributed by atoms with E-state index in [2.05, 4.69) is 15.9 Å². The van der Waals surface area contributed by atoms with Crippen LogP contribution in [0.15, 0.2) is 28.7 Å². The number of ether oxygens (including phenoxy) is 3. The third kappa shape index (κ3) is 8.99. The number of esters is 3. The van der Waals surface area contributed by atoms with Crippen molar-refractivity contribution in [2.45, 2.75) is 46.1 Å². The quantitative estimate of drug-likeness (QED) is 0.318. The summed E-state index contributed by atoms with van der Waals surface area (Å²) in [4.78, 5) is 33.6. The Morgan fingerprint density at radius 1 is 0.923 bits per heavy atom. The lowest BCUT2D eigenvalue weighted by atomic mass is 9.91. The molecule has 6 nitrogen and oxygen atoms in total. The van der Waals surface area contributed by atoms with E-state index in [1.54, 1.807) is 0 Å². The van der Waals surface area contributed by atoms with Gasteiger partial charge in [0.25, 0.3) is 0 Å². The third-order valence-electron chi connectivity index (χ3n) is 3.69. The standard InChI is InChI=1S/C19H25BrO6/c1-13(21)24-11-5-4-6-17(12-25-14(2)22)19(26-15(3)23)16-7-9-18(20)10-8-16/h7-10,17,19H,4-6,11-12H2,1-3H3. The van der Waals surface area contributed by atoms with Crippen molar-refractivity contribution in [1.82, 2.24) is 0 Å². The van der Waals surface area contributed by atoms with Gasteiger partial charge in [0, 0.05) is 31.2 Å². The largest absolute Gasteiger partial charge is 0.466 e. The summed E-state index contributed by atoms with van der Waals surface area (Å²) in [6, 6.07) is 7.49. The van der Waals surface area contributed by atoms with E-state index in [0.717, 1.165) is 16.5 Å². The molecule has 0 spiro atoms. The smallest absolute Gasteiger partial charge is 0.303 e. The molecule has 0 radical (unpaired) electrons. The molecule has 7 heteroatoms. The Labute approximate surface area is 162 Å². The summed E-state index contributed by atoms with van der Waals surface area (Å²) < 4.78 is 16.6. The van der Waals surface area contributed by atoms with Crippen LogP contribution in [0.25, 0.3) is 0 Å². The van der Waals surface area contributed by atoms with Crippen molar-refractivity contribution in [3.05, 3.63) is 34.3 Å². The molecule has 1 aromatic rings. The van der Waals surface area contributed by atoms with Crippen molar-refractivity contribution < 1.29 is 28.6 Å². The predicted molar refractivity (Wildman–Crippen MR) is 99.3 cm³/mol. The fourth-order valence-electron chi connectivity index (χ4n) is 2.54. The lowest BCUT2D eigenvalue weighted by molar-refractivity contribution is -0.154. The molecule has 0 amide bonds. The average Bonchev–Trinajstić information content (AvgIpc) is 2.55. The molecule has 0 aliphatic heterocycles. The van der Waals surface area contributed by atoms with Crippen LogP contribution in [0.2, 0.25) is 0 Å². The summed E-state index contributed by atoms with van der Waals surface area (Å²) in [5.41, 5.74) is 0.834. The molecule has 2 atom stereocenters. The van der Waals surface area contributed by atoms with Gasteiger partial charge in [0.2, 0.25) is 0 Å². The SMILES string of the molecule is CC(=O)OCCCCC(COC(C)=O)C(OC(C)=O)c1ccc(Br)cc1. The van der Waals surface area contributed by atoms with Crippen molar-refractivity contribution in [3.8, 4) is 0 Å². The predicted octanol–water partition coefficient (Wildman–Crippen LogP) is 3.97. The maximum absolute atomic E-state index is 11.6. The zero-order chi connectivity index (χ0) is 19.5. The molecular formula is C19H25BrO6. The molecule has 0 aromatic heterocycles. The molecule has 0 saturated heterocycles. The number of rotatable bonds is 10. The Bertz CT molecular complexity index is 599.